The van der Waals surface area contributed by atoms with Crippen molar-refractivity contribution in [2.75, 3.05) is 16.8 Å². The van der Waals surface area contributed by atoms with Crippen LogP contribution in [0.3, 0.4) is 0 Å². The van der Waals surface area contributed by atoms with E-state index in [1.165, 1.54) is 12.1 Å². The van der Waals surface area contributed by atoms with E-state index < -0.39 is 5.92 Å². The summed E-state index contributed by atoms with van der Waals surface area (Å²) in [5, 5.41) is 12.1. The molecule has 2 amide bonds. The highest BCUT2D eigenvalue weighted by molar-refractivity contribution is 6.03. The highest BCUT2D eigenvalue weighted by Gasteiger charge is 2.35. The summed E-state index contributed by atoms with van der Waals surface area (Å²) in [4.78, 5) is 26.0. The van der Waals surface area contributed by atoms with Crippen LogP contribution in [0.15, 0.2) is 54.6 Å². The van der Waals surface area contributed by atoms with E-state index in [4.69, 9.17) is 0 Å². The van der Waals surface area contributed by atoms with Crippen LogP contribution in [0.1, 0.15) is 6.42 Å². The van der Waals surface area contributed by atoms with Crippen LogP contribution in [0.25, 0.3) is 0 Å². The lowest BCUT2D eigenvalue weighted by Gasteiger charge is -2.16. The Hall–Kier alpha value is -2.82. The summed E-state index contributed by atoms with van der Waals surface area (Å²) in [5.41, 5.74) is 1.33. The van der Waals surface area contributed by atoms with Gasteiger partial charge in [-0.15, -0.1) is 0 Å². The molecule has 5 heteroatoms. The number of nitrogens with one attached hydrogen (secondary N) is 1. The minimum absolute atomic E-state index is 0.0535. The molecule has 2 aromatic carbocycles. The van der Waals surface area contributed by atoms with Gasteiger partial charge in [0.2, 0.25) is 11.8 Å². The maximum Gasteiger partial charge on any atom is 0.229 e. The molecule has 1 fully saturated rings. The molecule has 1 atom stereocenters. The first kappa shape index (κ1) is 14.1. The Balaban J connectivity index is 1.69. The van der Waals surface area contributed by atoms with Crippen molar-refractivity contribution >= 4 is 23.2 Å². The zero-order valence-corrected chi connectivity index (χ0v) is 11.9. The fourth-order valence-corrected chi connectivity index (χ4v) is 2.57. The lowest BCUT2D eigenvalue weighted by molar-refractivity contribution is -0.122. The molecule has 0 aliphatic carbocycles. The van der Waals surface area contributed by atoms with Crippen LogP contribution in [0.5, 0.6) is 5.75 Å². The first-order valence-corrected chi connectivity index (χ1v) is 7.09. The van der Waals surface area contributed by atoms with E-state index in [1.807, 2.05) is 30.3 Å². The highest BCUT2D eigenvalue weighted by atomic mass is 16.3. The van der Waals surface area contributed by atoms with E-state index in [2.05, 4.69) is 5.32 Å². The predicted octanol–water partition coefficient (Wildman–Crippen LogP) is 2.38. The Morgan fingerprint density at radius 1 is 1.14 bits per heavy atom. The van der Waals surface area contributed by atoms with Crippen LogP contribution < -0.4 is 10.2 Å². The number of anilines is 2. The maximum absolute atomic E-state index is 12.3. The second kappa shape index (κ2) is 5.89. The van der Waals surface area contributed by atoms with Gasteiger partial charge in [0.25, 0.3) is 0 Å². The zero-order valence-electron chi connectivity index (χ0n) is 11.9. The van der Waals surface area contributed by atoms with Crippen LogP contribution in [-0.4, -0.2) is 23.5 Å². The van der Waals surface area contributed by atoms with Gasteiger partial charge in [0.05, 0.1) is 5.92 Å². The van der Waals surface area contributed by atoms with E-state index in [0.29, 0.717) is 12.2 Å². The third-order valence-corrected chi connectivity index (χ3v) is 3.68. The first-order valence-electron chi connectivity index (χ1n) is 7.09. The maximum atomic E-state index is 12.3. The fourth-order valence-electron chi connectivity index (χ4n) is 2.57. The highest BCUT2D eigenvalue weighted by Crippen LogP contribution is 2.26. The normalized spacial score (nSPS) is 17.5. The fraction of sp³-hybridized carbons (Fsp3) is 0.176. The number of para-hydroxylation sites is 1. The Kier molecular flexibility index (Phi) is 3.78. The van der Waals surface area contributed by atoms with E-state index in [-0.39, 0.29) is 24.0 Å². The molecule has 22 heavy (non-hydrogen) atoms. The number of phenolic OH excluding ortho intramolecular Hbond substituents is 1. The molecule has 1 aliphatic rings. The molecule has 2 aromatic rings. The van der Waals surface area contributed by atoms with Gasteiger partial charge in [0, 0.05) is 30.4 Å². The quantitative estimate of drug-likeness (QED) is 0.913. The summed E-state index contributed by atoms with van der Waals surface area (Å²) in [6, 6.07) is 15.7. The molecule has 1 saturated heterocycles. The van der Waals surface area contributed by atoms with Gasteiger partial charge in [-0.2, -0.15) is 0 Å². The number of benzene rings is 2. The van der Waals surface area contributed by atoms with Gasteiger partial charge in [-0.25, -0.2) is 0 Å². The second-order valence-electron chi connectivity index (χ2n) is 5.28. The van der Waals surface area contributed by atoms with E-state index in [9.17, 15) is 14.7 Å². The largest absolute Gasteiger partial charge is 0.508 e. The van der Waals surface area contributed by atoms with Crippen LogP contribution in [-0.2, 0) is 9.59 Å². The van der Waals surface area contributed by atoms with Gasteiger partial charge in [0.15, 0.2) is 0 Å². The smallest absolute Gasteiger partial charge is 0.229 e. The Morgan fingerprint density at radius 3 is 2.64 bits per heavy atom. The number of aromatic hydroxyl groups is 1. The molecule has 0 bridgehead atoms. The average Bonchev–Trinajstić information content (AvgIpc) is 2.90. The van der Waals surface area contributed by atoms with Gasteiger partial charge in [-0.1, -0.05) is 24.3 Å². The monoisotopic (exact) mass is 296 g/mol. The topological polar surface area (TPSA) is 69.6 Å². The molecule has 2 N–H and O–H groups in total. The Labute approximate surface area is 128 Å². The lowest BCUT2D eigenvalue weighted by atomic mass is 10.1. The van der Waals surface area contributed by atoms with Crippen LogP contribution in [0.4, 0.5) is 11.4 Å². The van der Waals surface area contributed by atoms with E-state index in [0.717, 1.165) is 5.69 Å². The summed E-state index contributed by atoms with van der Waals surface area (Å²) in [7, 11) is 0. The predicted molar refractivity (Wildman–Crippen MR) is 83.6 cm³/mol. The van der Waals surface area contributed by atoms with Crippen molar-refractivity contribution in [3.8, 4) is 5.75 Å². The zero-order chi connectivity index (χ0) is 15.5. The van der Waals surface area contributed by atoms with Crippen LogP contribution in [0, 0.1) is 5.92 Å². The van der Waals surface area contributed by atoms with Crippen molar-refractivity contribution < 1.29 is 14.7 Å². The number of nitrogens with zero attached hydrogens (tertiary/aromatic N) is 1. The summed E-state index contributed by atoms with van der Waals surface area (Å²) in [5.74, 6) is -0.569. The molecule has 1 aliphatic heterocycles. The average molecular weight is 296 g/mol. The van der Waals surface area contributed by atoms with Crippen LogP contribution in [0.2, 0.25) is 0 Å². The van der Waals surface area contributed by atoms with Gasteiger partial charge < -0.3 is 15.3 Å². The number of rotatable bonds is 3. The number of carbonyl (C=O) groups excluding carboxylic acids is 2. The third-order valence-electron chi connectivity index (χ3n) is 3.68. The third kappa shape index (κ3) is 2.93. The molecule has 1 unspecified atom stereocenters. The van der Waals surface area contributed by atoms with Crippen molar-refractivity contribution in [3.05, 3.63) is 54.6 Å². The first-order chi connectivity index (χ1) is 10.6. The van der Waals surface area contributed by atoms with Crippen molar-refractivity contribution in [1.82, 2.24) is 0 Å². The van der Waals surface area contributed by atoms with E-state index >= 15 is 0 Å². The van der Waals surface area contributed by atoms with Crippen molar-refractivity contribution in [1.29, 1.82) is 0 Å². The Morgan fingerprint density at radius 2 is 1.91 bits per heavy atom. The van der Waals surface area contributed by atoms with Crippen molar-refractivity contribution in [2.45, 2.75) is 6.42 Å². The van der Waals surface area contributed by atoms with Gasteiger partial charge in [-0.3, -0.25) is 9.59 Å². The molecule has 0 aromatic heterocycles. The van der Waals surface area contributed by atoms with Gasteiger partial charge in [0.1, 0.15) is 5.75 Å². The Bertz CT molecular complexity index is 700. The number of hydrogen-bond donors (Lipinski definition) is 2. The molecule has 5 nitrogen and oxygen atoms in total. The summed E-state index contributed by atoms with van der Waals surface area (Å²) in [6.45, 7) is 0.369. The van der Waals surface area contributed by atoms with Crippen molar-refractivity contribution in [2.24, 2.45) is 5.92 Å². The minimum Gasteiger partial charge on any atom is -0.508 e. The molecule has 0 radical (unpaired) electrons. The van der Waals surface area contributed by atoms with Crippen molar-refractivity contribution in [3.63, 3.8) is 0 Å². The molecular weight excluding hydrogens is 280 g/mol. The minimum atomic E-state index is -0.393. The molecule has 0 saturated carbocycles. The molecule has 112 valence electrons. The second-order valence-corrected chi connectivity index (χ2v) is 5.28. The van der Waals surface area contributed by atoms with E-state index in [1.54, 1.807) is 17.0 Å². The molecular formula is C17H16N2O3. The summed E-state index contributed by atoms with van der Waals surface area (Å²) < 4.78 is 0. The number of carbonyl (C=O) groups is 2. The standard InChI is InChI=1S/C17H16N2O3/c20-15-8-4-5-13(10-15)18-17(22)12-9-16(21)19(11-12)14-6-2-1-3-7-14/h1-8,10,12,20H,9,11H2,(H,18,22). The number of amides is 2. The molecule has 3 rings (SSSR count). The van der Waals surface area contributed by atoms with Gasteiger partial charge in [-0.05, 0) is 24.3 Å². The summed E-state index contributed by atoms with van der Waals surface area (Å²) in [6.07, 6.45) is 0.194. The molecule has 1 heterocycles. The molecule has 0 spiro atoms. The lowest BCUT2D eigenvalue weighted by Crippen LogP contribution is -2.28. The van der Waals surface area contributed by atoms with Gasteiger partial charge >= 0.3 is 0 Å². The SMILES string of the molecule is O=C(Nc1cccc(O)c1)C1CC(=O)N(c2ccccc2)C1. The number of phenols is 1. The summed E-state index contributed by atoms with van der Waals surface area (Å²) >= 11 is 0. The number of hydrogen-bond acceptors (Lipinski definition) is 3. The van der Waals surface area contributed by atoms with Crippen LogP contribution >= 0.6 is 0 Å².